The molecular weight excluding hydrogens is 356 g/mol. The van der Waals surface area contributed by atoms with E-state index in [-0.39, 0.29) is 11.7 Å². The van der Waals surface area contributed by atoms with E-state index in [0.717, 1.165) is 24.3 Å². The molecule has 0 atom stereocenters. The highest BCUT2D eigenvalue weighted by atomic mass is 16.5. The van der Waals surface area contributed by atoms with Crippen molar-refractivity contribution in [2.45, 2.75) is 13.3 Å². The molecule has 6 heteroatoms. The van der Waals surface area contributed by atoms with Crippen molar-refractivity contribution in [3.8, 4) is 11.5 Å². The van der Waals surface area contributed by atoms with Crippen LogP contribution in [0.4, 0.5) is 5.69 Å². The monoisotopic (exact) mass is 382 g/mol. The number of rotatable bonds is 6. The van der Waals surface area contributed by atoms with Crippen molar-refractivity contribution in [1.29, 1.82) is 0 Å². The Morgan fingerprint density at radius 1 is 0.893 bits per heavy atom. The van der Waals surface area contributed by atoms with E-state index in [4.69, 9.17) is 9.47 Å². The predicted molar refractivity (Wildman–Crippen MR) is 108 cm³/mol. The maximum atomic E-state index is 12.7. The summed E-state index contributed by atoms with van der Waals surface area (Å²) in [6.07, 6.45) is 0.341. The van der Waals surface area contributed by atoms with Crippen molar-refractivity contribution >= 4 is 17.4 Å². The topological polar surface area (TPSA) is 59.1 Å². The van der Waals surface area contributed by atoms with Crippen LogP contribution in [-0.4, -0.2) is 57.0 Å². The minimum absolute atomic E-state index is 0.0668. The Morgan fingerprint density at radius 2 is 1.54 bits per heavy atom. The number of benzene rings is 2. The lowest BCUT2D eigenvalue weighted by molar-refractivity contribution is -0.130. The van der Waals surface area contributed by atoms with Gasteiger partial charge in [0.2, 0.25) is 5.91 Å². The van der Waals surface area contributed by atoms with Crippen LogP contribution in [0.1, 0.15) is 22.8 Å². The molecule has 0 saturated carbocycles. The molecule has 3 rings (SSSR count). The van der Waals surface area contributed by atoms with E-state index in [1.54, 1.807) is 21.1 Å². The van der Waals surface area contributed by atoms with E-state index in [0.29, 0.717) is 36.6 Å². The molecule has 2 aromatic rings. The van der Waals surface area contributed by atoms with Crippen molar-refractivity contribution in [2.75, 3.05) is 45.3 Å². The lowest BCUT2D eigenvalue weighted by Crippen LogP contribution is -2.49. The lowest BCUT2D eigenvalue weighted by Gasteiger charge is -2.36. The molecule has 0 N–H and O–H groups in total. The molecular formula is C22H26N2O4. The molecule has 148 valence electrons. The zero-order chi connectivity index (χ0) is 20.1. The van der Waals surface area contributed by atoms with E-state index in [1.807, 2.05) is 47.4 Å². The molecule has 2 aromatic carbocycles. The average molecular weight is 382 g/mol. The third kappa shape index (κ3) is 4.44. The highest BCUT2D eigenvalue weighted by Crippen LogP contribution is 2.28. The second-order valence-corrected chi connectivity index (χ2v) is 6.84. The molecule has 1 aliphatic heterocycles. The fourth-order valence-electron chi connectivity index (χ4n) is 3.40. The molecule has 0 radical (unpaired) electrons. The molecule has 0 unspecified atom stereocenters. The summed E-state index contributed by atoms with van der Waals surface area (Å²) in [4.78, 5) is 28.2. The number of Topliss-reactive ketones (excluding diaryl/α,β-unsaturated/α-hetero) is 1. The van der Waals surface area contributed by atoms with Crippen LogP contribution in [0.2, 0.25) is 0 Å². The smallest absolute Gasteiger partial charge is 0.227 e. The molecule has 1 heterocycles. The number of ketones is 1. The lowest BCUT2D eigenvalue weighted by atomic mass is 10.1. The highest BCUT2D eigenvalue weighted by Gasteiger charge is 2.22. The second-order valence-electron chi connectivity index (χ2n) is 6.84. The SMILES string of the molecule is COc1ccc(CC(=O)N2CCN(c3ccc(C(C)=O)cc3)CC2)cc1OC. The van der Waals surface area contributed by atoms with Crippen LogP contribution in [0, 0.1) is 0 Å². The molecule has 1 fully saturated rings. The van der Waals surface area contributed by atoms with Crippen LogP contribution in [0.15, 0.2) is 42.5 Å². The van der Waals surface area contributed by atoms with Crippen molar-refractivity contribution in [1.82, 2.24) is 4.90 Å². The summed E-state index contributed by atoms with van der Waals surface area (Å²) in [5, 5.41) is 0. The van der Waals surface area contributed by atoms with Gasteiger partial charge in [0.05, 0.1) is 20.6 Å². The van der Waals surface area contributed by atoms with Crippen LogP contribution < -0.4 is 14.4 Å². The molecule has 0 aromatic heterocycles. The molecule has 6 nitrogen and oxygen atoms in total. The summed E-state index contributed by atoms with van der Waals surface area (Å²) in [5.41, 5.74) is 2.70. The number of methoxy groups -OCH3 is 2. The van der Waals surface area contributed by atoms with Crippen molar-refractivity contribution in [3.63, 3.8) is 0 Å². The number of amides is 1. The number of nitrogens with zero attached hydrogens (tertiary/aromatic N) is 2. The van der Waals surface area contributed by atoms with E-state index >= 15 is 0 Å². The van der Waals surface area contributed by atoms with Gasteiger partial charge in [-0.25, -0.2) is 0 Å². The molecule has 1 amide bonds. The third-order valence-electron chi connectivity index (χ3n) is 5.07. The van der Waals surface area contributed by atoms with Gasteiger partial charge in [-0.15, -0.1) is 0 Å². The Labute approximate surface area is 165 Å². The zero-order valence-electron chi connectivity index (χ0n) is 16.6. The van der Waals surface area contributed by atoms with Crippen LogP contribution in [-0.2, 0) is 11.2 Å². The van der Waals surface area contributed by atoms with Crippen molar-refractivity contribution in [3.05, 3.63) is 53.6 Å². The van der Waals surface area contributed by atoms with Crippen LogP contribution in [0.3, 0.4) is 0 Å². The molecule has 1 saturated heterocycles. The van der Waals surface area contributed by atoms with Gasteiger partial charge in [0, 0.05) is 37.4 Å². The minimum Gasteiger partial charge on any atom is -0.493 e. The van der Waals surface area contributed by atoms with Gasteiger partial charge in [-0.2, -0.15) is 0 Å². The fraction of sp³-hybridized carbons (Fsp3) is 0.364. The van der Waals surface area contributed by atoms with Crippen LogP contribution in [0.5, 0.6) is 11.5 Å². The van der Waals surface area contributed by atoms with Gasteiger partial charge in [0.25, 0.3) is 0 Å². The van der Waals surface area contributed by atoms with Crippen LogP contribution >= 0.6 is 0 Å². The highest BCUT2D eigenvalue weighted by molar-refractivity contribution is 5.94. The zero-order valence-corrected chi connectivity index (χ0v) is 16.6. The Balaban J connectivity index is 1.57. The number of piperazine rings is 1. The largest absolute Gasteiger partial charge is 0.493 e. The second kappa shape index (κ2) is 8.78. The summed E-state index contributed by atoms with van der Waals surface area (Å²) in [5.74, 6) is 1.46. The van der Waals surface area contributed by atoms with E-state index in [1.165, 1.54) is 0 Å². The number of ether oxygens (including phenoxy) is 2. The van der Waals surface area contributed by atoms with E-state index < -0.39 is 0 Å². The molecule has 0 aliphatic carbocycles. The first-order valence-electron chi connectivity index (χ1n) is 9.36. The Kier molecular flexibility index (Phi) is 6.19. The first kappa shape index (κ1) is 19.7. The number of carbonyl (C=O) groups excluding carboxylic acids is 2. The summed E-state index contributed by atoms with van der Waals surface area (Å²) in [6.45, 7) is 4.48. The number of hydrogen-bond donors (Lipinski definition) is 0. The van der Waals surface area contributed by atoms with Gasteiger partial charge in [0.15, 0.2) is 17.3 Å². The van der Waals surface area contributed by atoms with E-state index in [9.17, 15) is 9.59 Å². The van der Waals surface area contributed by atoms with Gasteiger partial charge < -0.3 is 19.3 Å². The van der Waals surface area contributed by atoms with Gasteiger partial charge in [-0.3, -0.25) is 9.59 Å². The summed E-state index contributed by atoms with van der Waals surface area (Å²) in [6, 6.07) is 13.2. The molecule has 0 bridgehead atoms. The third-order valence-corrected chi connectivity index (χ3v) is 5.07. The summed E-state index contributed by atoms with van der Waals surface area (Å²) < 4.78 is 10.6. The maximum absolute atomic E-state index is 12.7. The van der Waals surface area contributed by atoms with Gasteiger partial charge in [-0.05, 0) is 48.9 Å². The minimum atomic E-state index is 0.0668. The Bertz CT molecular complexity index is 840. The Hall–Kier alpha value is -3.02. The predicted octanol–water partition coefficient (Wildman–Crippen LogP) is 2.80. The van der Waals surface area contributed by atoms with Gasteiger partial charge in [0.1, 0.15) is 0 Å². The number of hydrogen-bond acceptors (Lipinski definition) is 5. The Morgan fingerprint density at radius 3 is 2.11 bits per heavy atom. The maximum Gasteiger partial charge on any atom is 0.227 e. The fourth-order valence-corrected chi connectivity index (χ4v) is 3.40. The van der Waals surface area contributed by atoms with Crippen molar-refractivity contribution in [2.24, 2.45) is 0 Å². The van der Waals surface area contributed by atoms with Crippen LogP contribution in [0.25, 0.3) is 0 Å². The first-order chi connectivity index (χ1) is 13.5. The summed E-state index contributed by atoms with van der Waals surface area (Å²) in [7, 11) is 3.18. The number of carbonyl (C=O) groups is 2. The molecule has 28 heavy (non-hydrogen) atoms. The standard InChI is InChI=1S/C22H26N2O4/c1-16(25)18-5-7-19(8-6-18)23-10-12-24(13-11-23)22(26)15-17-4-9-20(27-2)21(14-17)28-3/h4-9,14H,10-13,15H2,1-3H3. The normalized spacial score (nSPS) is 14.0. The summed E-state index contributed by atoms with van der Waals surface area (Å²) >= 11 is 0. The molecule has 0 spiro atoms. The quantitative estimate of drug-likeness (QED) is 0.719. The van der Waals surface area contributed by atoms with Gasteiger partial charge in [-0.1, -0.05) is 6.07 Å². The molecule has 1 aliphatic rings. The average Bonchev–Trinajstić information content (AvgIpc) is 2.73. The van der Waals surface area contributed by atoms with Crippen molar-refractivity contribution < 1.29 is 19.1 Å². The van der Waals surface area contributed by atoms with E-state index in [2.05, 4.69) is 4.90 Å². The first-order valence-corrected chi connectivity index (χ1v) is 9.36. The number of anilines is 1. The van der Waals surface area contributed by atoms with Gasteiger partial charge >= 0.3 is 0 Å².